The molecule has 0 atom stereocenters. The summed E-state index contributed by atoms with van der Waals surface area (Å²) in [6.45, 7) is 4.41. The fraction of sp³-hybridized carbons (Fsp3) is 0.429. The van der Waals surface area contributed by atoms with Crippen molar-refractivity contribution < 1.29 is 8.42 Å². The maximum Gasteiger partial charge on any atom is 0.245 e. The third-order valence-corrected chi connectivity index (χ3v) is 4.46. The van der Waals surface area contributed by atoms with E-state index in [1.54, 1.807) is 30.3 Å². The molecule has 1 saturated heterocycles. The van der Waals surface area contributed by atoms with E-state index in [2.05, 4.69) is 28.0 Å². The first kappa shape index (κ1) is 14.1. The molecule has 1 aromatic rings. The molecule has 0 aromatic heterocycles. The molecule has 0 spiro atoms. The molecule has 0 saturated carbocycles. The zero-order chi connectivity index (χ0) is 13.7. The summed E-state index contributed by atoms with van der Waals surface area (Å²) >= 11 is 0. The van der Waals surface area contributed by atoms with Crippen LogP contribution in [0.5, 0.6) is 0 Å². The lowest BCUT2D eigenvalue weighted by atomic mass is 10.3. The van der Waals surface area contributed by atoms with Gasteiger partial charge >= 0.3 is 0 Å². The molecule has 1 aliphatic rings. The number of piperazine rings is 1. The molecule has 5 heteroatoms. The van der Waals surface area contributed by atoms with Crippen molar-refractivity contribution in [2.24, 2.45) is 0 Å². The summed E-state index contributed by atoms with van der Waals surface area (Å²) in [4.78, 5) is 4.69. The van der Waals surface area contributed by atoms with Gasteiger partial charge in [-0.2, -0.15) is 0 Å². The highest BCUT2D eigenvalue weighted by molar-refractivity contribution is 7.96. The Bertz CT molecular complexity index is 564. The first-order valence-corrected chi connectivity index (χ1v) is 7.77. The maximum atomic E-state index is 11.9. The molecule has 2 rings (SSSR count). The molecule has 0 bridgehead atoms. The van der Waals surface area contributed by atoms with E-state index in [1.165, 1.54) is 0 Å². The van der Waals surface area contributed by atoms with Gasteiger partial charge in [0.1, 0.15) is 0 Å². The Hall–Kier alpha value is -1.35. The van der Waals surface area contributed by atoms with E-state index in [-0.39, 0.29) is 4.90 Å². The van der Waals surface area contributed by atoms with Crippen LogP contribution in [0.4, 0.5) is 0 Å². The molecule has 1 heterocycles. The molecule has 0 radical (unpaired) electrons. The third kappa shape index (κ3) is 4.06. The lowest BCUT2D eigenvalue weighted by Gasteiger charge is -2.30. The smallest absolute Gasteiger partial charge is 0.245 e. The van der Waals surface area contributed by atoms with E-state index in [0.29, 0.717) is 6.54 Å². The van der Waals surface area contributed by atoms with Crippen molar-refractivity contribution in [3.63, 3.8) is 0 Å². The predicted octanol–water partition coefficient (Wildman–Crippen LogP) is 0.669. The lowest BCUT2D eigenvalue weighted by molar-refractivity contribution is 0.168. The van der Waals surface area contributed by atoms with Gasteiger partial charge in [0.15, 0.2) is 0 Å². The Morgan fingerprint density at radius 3 is 2.37 bits per heavy atom. The second-order valence-corrected chi connectivity index (χ2v) is 6.36. The van der Waals surface area contributed by atoms with Crippen LogP contribution in [0.1, 0.15) is 0 Å². The van der Waals surface area contributed by atoms with Gasteiger partial charge in [-0.3, -0.25) is 4.90 Å². The minimum absolute atomic E-state index is 0.265. The van der Waals surface area contributed by atoms with Crippen LogP contribution in [0.25, 0.3) is 0 Å². The lowest BCUT2D eigenvalue weighted by Crippen LogP contribution is -2.44. The Kier molecular flexibility index (Phi) is 4.59. The van der Waals surface area contributed by atoms with Gasteiger partial charge in [0.2, 0.25) is 9.84 Å². The van der Waals surface area contributed by atoms with Gasteiger partial charge in [0, 0.05) is 31.4 Å². The second-order valence-electron chi connectivity index (χ2n) is 4.67. The molecule has 0 unspecified atom stereocenters. The number of hydrogen-bond donors (Lipinski definition) is 0. The number of likely N-dealkylation sites (N-methyl/N-ethyl adjacent to an activating group) is 1. The van der Waals surface area contributed by atoms with E-state index >= 15 is 0 Å². The molecule has 1 aromatic carbocycles. The Morgan fingerprint density at radius 2 is 1.74 bits per heavy atom. The second kappa shape index (κ2) is 6.20. The third-order valence-electron chi connectivity index (χ3n) is 3.16. The zero-order valence-electron chi connectivity index (χ0n) is 11.0. The topological polar surface area (TPSA) is 40.6 Å². The molecule has 0 N–H and O–H groups in total. The average Bonchev–Trinajstić information content (AvgIpc) is 2.42. The monoisotopic (exact) mass is 278 g/mol. The summed E-state index contributed by atoms with van der Waals surface area (Å²) in [6, 6.07) is 8.33. The molecule has 1 fully saturated rings. The summed E-state index contributed by atoms with van der Waals surface area (Å²) in [7, 11) is -1.38. The van der Waals surface area contributed by atoms with Crippen LogP contribution >= 0.6 is 0 Å². The molecule has 1 aliphatic heterocycles. The van der Waals surface area contributed by atoms with Crippen molar-refractivity contribution in [2.75, 3.05) is 39.8 Å². The van der Waals surface area contributed by atoms with E-state index in [1.807, 2.05) is 0 Å². The molecule has 0 aliphatic carbocycles. The average molecular weight is 278 g/mol. The summed E-state index contributed by atoms with van der Waals surface area (Å²) in [5.41, 5.74) is 0. The van der Waals surface area contributed by atoms with E-state index in [9.17, 15) is 8.42 Å². The zero-order valence-corrected chi connectivity index (χ0v) is 11.9. The van der Waals surface area contributed by atoms with Crippen LogP contribution < -0.4 is 0 Å². The predicted molar refractivity (Wildman–Crippen MR) is 75.3 cm³/mol. The summed E-state index contributed by atoms with van der Waals surface area (Å²) in [5, 5.41) is 2.40. The van der Waals surface area contributed by atoms with Gasteiger partial charge in [-0.25, -0.2) is 8.42 Å². The van der Waals surface area contributed by atoms with Crippen molar-refractivity contribution in [1.82, 2.24) is 9.80 Å². The van der Waals surface area contributed by atoms with Crippen molar-refractivity contribution in [3.05, 3.63) is 30.3 Å². The minimum atomic E-state index is -3.47. The number of benzene rings is 1. The molecule has 102 valence electrons. The quantitative estimate of drug-likeness (QED) is 0.589. The van der Waals surface area contributed by atoms with Crippen molar-refractivity contribution in [1.29, 1.82) is 0 Å². The summed E-state index contributed by atoms with van der Waals surface area (Å²) < 4.78 is 23.9. The fourth-order valence-corrected chi connectivity index (χ4v) is 2.79. The van der Waals surface area contributed by atoms with E-state index < -0.39 is 9.84 Å². The largest absolute Gasteiger partial charge is 0.304 e. The Labute approximate surface area is 114 Å². The summed E-state index contributed by atoms with van der Waals surface area (Å²) in [6.07, 6.45) is 0. The molecule has 4 nitrogen and oxygen atoms in total. The number of nitrogens with zero attached hydrogens (tertiary/aromatic N) is 2. The summed E-state index contributed by atoms with van der Waals surface area (Å²) in [5.74, 6) is 2.78. The first-order chi connectivity index (χ1) is 9.08. The fourth-order valence-electron chi connectivity index (χ4n) is 1.90. The maximum absolute atomic E-state index is 11.9. The van der Waals surface area contributed by atoms with Crippen LogP contribution in [-0.4, -0.2) is 58.0 Å². The van der Waals surface area contributed by atoms with Crippen LogP contribution in [0.3, 0.4) is 0 Å². The van der Waals surface area contributed by atoms with E-state index in [0.717, 1.165) is 26.2 Å². The van der Waals surface area contributed by atoms with Crippen molar-refractivity contribution in [2.45, 2.75) is 4.90 Å². The van der Waals surface area contributed by atoms with Gasteiger partial charge in [0.05, 0.1) is 11.4 Å². The highest BCUT2D eigenvalue weighted by atomic mass is 32.2. The van der Waals surface area contributed by atoms with E-state index in [4.69, 9.17) is 0 Å². The van der Waals surface area contributed by atoms with Crippen molar-refractivity contribution in [3.8, 4) is 11.2 Å². The van der Waals surface area contributed by atoms with Crippen LogP contribution in [-0.2, 0) is 9.84 Å². The molecule has 0 amide bonds. The van der Waals surface area contributed by atoms with Gasteiger partial charge in [-0.1, -0.05) is 24.1 Å². The van der Waals surface area contributed by atoms with Gasteiger partial charge < -0.3 is 4.90 Å². The van der Waals surface area contributed by atoms with Gasteiger partial charge in [-0.15, -0.1) is 0 Å². The van der Waals surface area contributed by atoms with Crippen LogP contribution in [0.2, 0.25) is 0 Å². The first-order valence-electron chi connectivity index (χ1n) is 6.28. The Balaban J connectivity index is 1.96. The molecular formula is C14H18N2O2S. The molecule has 19 heavy (non-hydrogen) atoms. The van der Waals surface area contributed by atoms with Crippen LogP contribution in [0.15, 0.2) is 35.2 Å². The molecular weight excluding hydrogens is 260 g/mol. The Morgan fingerprint density at radius 1 is 1.11 bits per heavy atom. The highest BCUT2D eigenvalue weighted by Gasteiger charge is 2.13. The number of rotatable bonds is 2. The SMILES string of the molecule is CN1CCN(CC#CS(=O)(=O)c2ccccc2)CC1. The van der Waals surface area contributed by atoms with Gasteiger partial charge in [-0.05, 0) is 19.2 Å². The number of sulfone groups is 1. The minimum Gasteiger partial charge on any atom is -0.304 e. The highest BCUT2D eigenvalue weighted by Crippen LogP contribution is 2.08. The number of hydrogen-bond acceptors (Lipinski definition) is 4. The van der Waals surface area contributed by atoms with Gasteiger partial charge in [0.25, 0.3) is 0 Å². The normalized spacial score (nSPS) is 17.7. The standard InChI is InChI=1S/C14H18N2O2S/c1-15-9-11-16(12-10-15)8-5-13-19(17,18)14-6-3-2-4-7-14/h2-4,6-7H,8-12H2,1H3. The van der Waals surface area contributed by atoms with Crippen molar-refractivity contribution >= 4 is 9.84 Å². The van der Waals surface area contributed by atoms with Crippen LogP contribution in [0, 0.1) is 11.2 Å².